The molecule has 4 nitrogen and oxygen atoms in total. The third kappa shape index (κ3) is 3.80. The first-order valence-electron chi connectivity index (χ1n) is 5.95. The number of hydrogen-bond acceptors (Lipinski definition) is 3. The standard InChI is InChI=1S/C11H21N3O/c1-14-6-4-9(5-7-14)12-8-11(15)13-10-2-3-10/h9-10,12H,2-8H2,1H3,(H,13,15). The zero-order valence-electron chi connectivity index (χ0n) is 9.46. The van der Waals surface area contributed by atoms with Crippen LogP contribution in [0, 0.1) is 0 Å². The van der Waals surface area contributed by atoms with Gasteiger partial charge in [0, 0.05) is 12.1 Å². The van der Waals surface area contributed by atoms with Crippen LogP contribution in [0.25, 0.3) is 0 Å². The van der Waals surface area contributed by atoms with Crippen LogP contribution in [-0.2, 0) is 4.79 Å². The molecule has 0 spiro atoms. The number of carbonyl (C=O) groups is 1. The summed E-state index contributed by atoms with van der Waals surface area (Å²) < 4.78 is 0. The molecule has 0 aromatic carbocycles. The van der Waals surface area contributed by atoms with Crippen molar-refractivity contribution in [3.63, 3.8) is 0 Å². The lowest BCUT2D eigenvalue weighted by molar-refractivity contribution is -0.120. The van der Waals surface area contributed by atoms with Gasteiger partial charge in [-0.2, -0.15) is 0 Å². The second kappa shape index (κ2) is 4.94. The quantitative estimate of drug-likeness (QED) is 0.685. The number of likely N-dealkylation sites (tertiary alicyclic amines) is 1. The molecule has 4 heteroatoms. The number of nitrogens with one attached hydrogen (secondary N) is 2. The largest absolute Gasteiger partial charge is 0.352 e. The molecule has 1 heterocycles. The molecular formula is C11H21N3O. The average Bonchev–Trinajstić information content (AvgIpc) is 3.01. The number of piperidine rings is 1. The molecule has 1 saturated heterocycles. The van der Waals surface area contributed by atoms with Crippen molar-refractivity contribution in [2.45, 2.75) is 37.8 Å². The zero-order valence-corrected chi connectivity index (χ0v) is 9.46. The summed E-state index contributed by atoms with van der Waals surface area (Å²) in [7, 11) is 2.15. The molecule has 2 aliphatic rings. The summed E-state index contributed by atoms with van der Waals surface area (Å²) in [5, 5.41) is 6.33. The topological polar surface area (TPSA) is 44.4 Å². The van der Waals surface area contributed by atoms with Crippen LogP contribution in [0.2, 0.25) is 0 Å². The van der Waals surface area contributed by atoms with Gasteiger partial charge in [0.15, 0.2) is 0 Å². The van der Waals surface area contributed by atoms with Gasteiger partial charge in [-0.15, -0.1) is 0 Å². The minimum absolute atomic E-state index is 0.163. The van der Waals surface area contributed by atoms with E-state index in [0.29, 0.717) is 18.6 Å². The van der Waals surface area contributed by atoms with Crippen molar-refractivity contribution in [2.75, 3.05) is 26.7 Å². The molecule has 1 saturated carbocycles. The smallest absolute Gasteiger partial charge is 0.234 e. The van der Waals surface area contributed by atoms with Crippen molar-refractivity contribution in [3.8, 4) is 0 Å². The lowest BCUT2D eigenvalue weighted by atomic mass is 10.1. The van der Waals surface area contributed by atoms with Crippen LogP contribution in [0.5, 0.6) is 0 Å². The van der Waals surface area contributed by atoms with E-state index < -0.39 is 0 Å². The number of amides is 1. The van der Waals surface area contributed by atoms with Gasteiger partial charge < -0.3 is 15.5 Å². The Bertz CT molecular complexity index is 220. The Hall–Kier alpha value is -0.610. The van der Waals surface area contributed by atoms with Gasteiger partial charge in [0.2, 0.25) is 5.91 Å². The molecule has 15 heavy (non-hydrogen) atoms. The molecule has 0 radical (unpaired) electrons. The molecule has 1 amide bonds. The number of rotatable bonds is 4. The number of hydrogen-bond donors (Lipinski definition) is 2. The fourth-order valence-electron chi connectivity index (χ4n) is 1.96. The van der Waals surface area contributed by atoms with Crippen LogP contribution in [0.1, 0.15) is 25.7 Å². The molecule has 86 valence electrons. The van der Waals surface area contributed by atoms with E-state index >= 15 is 0 Å². The summed E-state index contributed by atoms with van der Waals surface area (Å²) in [6.07, 6.45) is 4.65. The summed E-state index contributed by atoms with van der Waals surface area (Å²) in [5.74, 6) is 0.163. The minimum Gasteiger partial charge on any atom is -0.352 e. The Morgan fingerprint density at radius 2 is 1.87 bits per heavy atom. The fourth-order valence-corrected chi connectivity index (χ4v) is 1.96. The molecule has 0 atom stereocenters. The minimum atomic E-state index is 0.163. The number of nitrogens with zero attached hydrogens (tertiary/aromatic N) is 1. The van der Waals surface area contributed by atoms with Crippen molar-refractivity contribution < 1.29 is 4.79 Å². The van der Waals surface area contributed by atoms with Gasteiger partial charge in [0.25, 0.3) is 0 Å². The Labute approximate surface area is 91.4 Å². The maximum Gasteiger partial charge on any atom is 0.234 e. The maximum atomic E-state index is 11.4. The van der Waals surface area contributed by atoms with Gasteiger partial charge in [-0.3, -0.25) is 4.79 Å². The third-order valence-electron chi connectivity index (χ3n) is 3.21. The van der Waals surface area contributed by atoms with E-state index in [4.69, 9.17) is 0 Å². The Kier molecular flexibility index (Phi) is 3.59. The second-order valence-corrected chi connectivity index (χ2v) is 4.80. The highest BCUT2D eigenvalue weighted by atomic mass is 16.2. The van der Waals surface area contributed by atoms with E-state index in [9.17, 15) is 4.79 Å². The lowest BCUT2D eigenvalue weighted by Gasteiger charge is -2.29. The van der Waals surface area contributed by atoms with Crippen molar-refractivity contribution in [2.24, 2.45) is 0 Å². The van der Waals surface area contributed by atoms with E-state index in [1.807, 2.05) is 0 Å². The van der Waals surface area contributed by atoms with Gasteiger partial charge in [-0.1, -0.05) is 0 Å². The highest BCUT2D eigenvalue weighted by molar-refractivity contribution is 5.78. The zero-order chi connectivity index (χ0) is 10.7. The van der Waals surface area contributed by atoms with Crippen molar-refractivity contribution >= 4 is 5.91 Å². The van der Waals surface area contributed by atoms with Gasteiger partial charge in [0.05, 0.1) is 6.54 Å². The molecule has 2 fully saturated rings. The van der Waals surface area contributed by atoms with Crippen LogP contribution < -0.4 is 10.6 Å². The van der Waals surface area contributed by atoms with E-state index in [0.717, 1.165) is 25.9 Å². The van der Waals surface area contributed by atoms with Crippen LogP contribution in [0.3, 0.4) is 0 Å². The molecule has 0 bridgehead atoms. The third-order valence-corrected chi connectivity index (χ3v) is 3.21. The Balaban J connectivity index is 1.58. The molecule has 0 aromatic rings. The molecular weight excluding hydrogens is 190 g/mol. The van der Waals surface area contributed by atoms with Gasteiger partial charge in [-0.25, -0.2) is 0 Å². The highest BCUT2D eigenvalue weighted by Gasteiger charge is 2.23. The Morgan fingerprint density at radius 1 is 1.20 bits per heavy atom. The predicted molar refractivity (Wildman–Crippen MR) is 59.7 cm³/mol. The van der Waals surface area contributed by atoms with Crippen LogP contribution in [0.4, 0.5) is 0 Å². The highest BCUT2D eigenvalue weighted by Crippen LogP contribution is 2.18. The fraction of sp³-hybridized carbons (Fsp3) is 0.909. The monoisotopic (exact) mass is 211 g/mol. The van der Waals surface area contributed by atoms with Crippen molar-refractivity contribution in [1.82, 2.24) is 15.5 Å². The van der Waals surface area contributed by atoms with E-state index in [1.54, 1.807) is 0 Å². The van der Waals surface area contributed by atoms with Crippen LogP contribution >= 0.6 is 0 Å². The van der Waals surface area contributed by atoms with Gasteiger partial charge in [0.1, 0.15) is 0 Å². The summed E-state index contributed by atoms with van der Waals surface area (Å²) >= 11 is 0. The number of carbonyl (C=O) groups excluding carboxylic acids is 1. The summed E-state index contributed by atoms with van der Waals surface area (Å²) in [4.78, 5) is 13.8. The second-order valence-electron chi connectivity index (χ2n) is 4.80. The van der Waals surface area contributed by atoms with Gasteiger partial charge in [-0.05, 0) is 45.8 Å². The average molecular weight is 211 g/mol. The van der Waals surface area contributed by atoms with Gasteiger partial charge >= 0.3 is 0 Å². The van der Waals surface area contributed by atoms with Crippen molar-refractivity contribution in [3.05, 3.63) is 0 Å². The first-order chi connectivity index (χ1) is 7.24. The lowest BCUT2D eigenvalue weighted by Crippen LogP contribution is -2.45. The molecule has 1 aliphatic heterocycles. The first-order valence-corrected chi connectivity index (χ1v) is 5.95. The molecule has 2 N–H and O–H groups in total. The molecule has 0 aromatic heterocycles. The molecule has 1 aliphatic carbocycles. The normalized spacial score (nSPS) is 24.1. The summed E-state index contributed by atoms with van der Waals surface area (Å²) in [6.45, 7) is 2.77. The molecule has 0 unspecified atom stereocenters. The van der Waals surface area contributed by atoms with Crippen LogP contribution in [-0.4, -0.2) is 49.6 Å². The maximum absolute atomic E-state index is 11.4. The summed E-state index contributed by atoms with van der Waals surface area (Å²) in [6, 6.07) is 1.02. The van der Waals surface area contributed by atoms with Crippen molar-refractivity contribution in [1.29, 1.82) is 0 Å². The van der Waals surface area contributed by atoms with Crippen LogP contribution in [0.15, 0.2) is 0 Å². The Morgan fingerprint density at radius 3 is 2.47 bits per heavy atom. The first kappa shape index (κ1) is 10.9. The SMILES string of the molecule is CN1CCC(NCC(=O)NC2CC2)CC1. The van der Waals surface area contributed by atoms with E-state index in [2.05, 4.69) is 22.6 Å². The van der Waals surface area contributed by atoms with E-state index in [1.165, 1.54) is 12.8 Å². The summed E-state index contributed by atoms with van der Waals surface area (Å²) in [5.41, 5.74) is 0. The predicted octanol–water partition coefficient (Wildman–Crippen LogP) is -0.0512. The van der Waals surface area contributed by atoms with E-state index in [-0.39, 0.29) is 5.91 Å². The molecule has 2 rings (SSSR count).